The van der Waals surface area contributed by atoms with Gasteiger partial charge in [-0.25, -0.2) is 0 Å². The number of methoxy groups -OCH3 is 1. The second-order valence-electron chi connectivity index (χ2n) is 6.60. The zero-order chi connectivity index (χ0) is 19.5. The van der Waals surface area contributed by atoms with Gasteiger partial charge in [0.15, 0.2) is 5.65 Å². The van der Waals surface area contributed by atoms with Crippen molar-refractivity contribution in [3.8, 4) is 16.9 Å². The third kappa shape index (κ3) is 2.19. The summed E-state index contributed by atoms with van der Waals surface area (Å²) in [5.74, 6) is 0.134. The van der Waals surface area contributed by atoms with Crippen molar-refractivity contribution in [2.75, 3.05) is 12.8 Å². The number of ether oxygens (including phenoxy) is 1. The van der Waals surface area contributed by atoms with Crippen molar-refractivity contribution in [1.29, 1.82) is 0 Å². The summed E-state index contributed by atoms with van der Waals surface area (Å²) in [6.45, 7) is 5.85. The van der Waals surface area contributed by atoms with E-state index in [-0.39, 0.29) is 5.69 Å². The standard InChI is InChI=1S/C19H20N6O2/c1-9-5-6-12(27-4)11(3)13(9)14-15(20)17(18(21)26)24-7-10(2)25-8-22-23-19(25)16(14)24/h5-8H,20H2,1-4H3,(H2,21,26). The third-order valence-electron chi connectivity index (χ3n) is 5.03. The van der Waals surface area contributed by atoms with E-state index in [1.54, 1.807) is 17.8 Å². The summed E-state index contributed by atoms with van der Waals surface area (Å²) in [7, 11) is 1.62. The number of nitrogen functional groups attached to an aromatic ring is 1. The molecule has 0 bridgehead atoms. The van der Waals surface area contributed by atoms with Crippen molar-refractivity contribution in [2.24, 2.45) is 5.73 Å². The van der Waals surface area contributed by atoms with Gasteiger partial charge in [-0.1, -0.05) is 6.07 Å². The smallest absolute Gasteiger partial charge is 0.267 e. The first-order chi connectivity index (χ1) is 12.9. The van der Waals surface area contributed by atoms with Crippen molar-refractivity contribution in [1.82, 2.24) is 19.0 Å². The van der Waals surface area contributed by atoms with E-state index in [4.69, 9.17) is 16.2 Å². The average molecular weight is 364 g/mol. The van der Waals surface area contributed by atoms with Crippen LogP contribution in [0, 0.1) is 20.8 Å². The van der Waals surface area contributed by atoms with Crippen LogP contribution < -0.4 is 16.2 Å². The number of hydrogen-bond donors (Lipinski definition) is 2. The third-order valence-corrected chi connectivity index (χ3v) is 5.03. The molecule has 0 radical (unpaired) electrons. The van der Waals surface area contributed by atoms with Gasteiger partial charge < -0.3 is 20.6 Å². The Balaban J connectivity index is 2.28. The SMILES string of the molecule is COc1ccc(C)c(-c2c(N)c(C(N)=O)n3cc(C)n4cnnc4c23)c1C. The van der Waals surface area contributed by atoms with Gasteiger partial charge >= 0.3 is 0 Å². The number of benzene rings is 1. The highest BCUT2D eigenvalue weighted by Crippen LogP contribution is 2.42. The summed E-state index contributed by atoms with van der Waals surface area (Å²) in [4.78, 5) is 12.2. The van der Waals surface area contributed by atoms with Gasteiger partial charge in [-0.2, -0.15) is 0 Å². The van der Waals surface area contributed by atoms with Crippen molar-refractivity contribution >= 4 is 22.8 Å². The van der Waals surface area contributed by atoms with E-state index in [9.17, 15) is 4.79 Å². The molecule has 0 spiro atoms. The summed E-state index contributed by atoms with van der Waals surface area (Å²) in [5, 5.41) is 8.29. The molecular weight excluding hydrogens is 344 g/mol. The van der Waals surface area contributed by atoms with Crippen LogP contribution >= 0.6 is 0 Å². The normalized spacial score (nSPS) is 11.4. The van der Waals surface area contributed by atoms with Crippen LogP contribution in [0.1, 0.15) is 27.3 Å². The van der Waals surface area contributed by atoms with Crippen LogP contribution in [0.2, 0.25) is 0 Å². The lowest BCUT2D eigenvalue weighted by Gasteiger charge is -2.14. The maximum absolute atomic E-state index is 12.2. The molecule has 0 saturated heterocycles. The maximum atomic E-state index is 12.2. The summed E-state index contributed by atoms with van der Waals surface area (Å²) < 4.78 is 9.06. The highest BCUT2D eigenvalue weighted by Gasteiger charge is 2.26. The number of carbonyl (C=O) groups excluding carboxylic acids is 1. The first kappa shape index (κ1) is 16.9. The van der Waals surface area contributed by atoms with Gasteiger partial charge in [0.25, 0.3) is 5.91 Å². The monoisotopic (exact) mass is 364 g/mol. The summed E-state index contributed by atoms with van der Waals surface area (Å²) in [6, 6.07) is 3.87. The fourth-order valence-corrected chi connectivity index (χ4v) is 3.80. The topological polar surface area (TPSA) is 113 Å². The predicted octanol–water partition coefficient (Wildman–Crippen LogP) is 2.26. The fraction of sp³-hybridized carbons (Fsp3) is 0.211. The summed E-state index contributed by atoms with van der Waals surface area (Å²) in [6.07, 6.45) is 3.45. The molecule has 0 fully saturated rings. The Hall–Kier alpha value is -3.55. The molecule has 138 valence electrons. The summed E-state index contributed by atoms with van der Waals surface area (Å²) >= 11 is 0. The molecule has 4 rings (SSSR count). The van der Waals surface area contributed by atoms with Gasteiger partial charge in [-0.05, 0) is 43.5 Å². The number of nitrogens with two attached hydrogens (primary N) is 2. The number of primary amides is 1. The van der Waals surface area contributed by atoms with Crippen molar-refractivity contribution < 1.29 is 9.53 Å². The molecule has 0 unspecified atom stereocenters. The number of carbonyl (C=O) groups is 1. The second-order valence-corrected chi connectivity index (χ2v) is 6.60. The largest absolute Gasteiger partial charge is 0.496 e. The predicted molar refractivity (Wildman–Crippen MR) is 103 cm³/mol. The number of aryl methyl sites for hydroxylation is 2. The number of nitrogens with zero attached hydrogens (tertiary/aromatic N) is 4. The van der Waals surface area contributed by atoms with Crippen molar-refractivity contribution in [3.63, 3.8) is 0 Å². The number of aromatic nitrogens is 4. The Morgan fingerprint density at radius 1 is 1.15 bits per heavy atom. The van der Waals surface area contributed by atoms with Gasteiger partial charge in [-0.3, -0.25) is 9.20 Å². The molecule has 1 amide bonds. The van der Waals surface area contributed by atoms with Gasteiger partial charge in [0.05, 0.1) is 12.8 Å². The minimum Gasteiger partial charge on any atom is -0.496 e. The average Bonchev–Trinajstić information content (AvgIpc) is 3.19. The van der Waals surface area contributed by atoms with Crippen LogP contribution in [0.15, 0.2) is 24.7 Å². The number of rotatable bonds is 3. The molecule has 3 heterocycles. The van der Waals surface area contributed by atoms with Crippen LogP contribution in [0.3, 0.4) is 0 Å². The number of hydrogen-bond acceptors (Lipinski definition) is 5. The molecule has 0 saturated carbocycles. The van der Waals surface area contributed by atoms with E-state index < -0.39 is 5.91 Å². The number of amides is 1. The van der Waals surface area contributed by atoms with E-state index in [1.165, 1.54) is 0 Å². The number of anilines is 1. The lowest BCUT2D eigenvalue weighted by molar-refractivity contribution is 0.0996. The highest BCUT2D eigenvalue weighted by molar-refractivity contribution is 6.09. The maximum Gasteiger partial charge on any atom is 0.267 e. The molecule has 0 aliphatic carbocycles. The Kier molecular flexibility index (Phi) is 3.59. The number of fused-ring (bicyclic) bond motifs is 3. The molecule has 1 aromatic carbocycles. The van der Waals surface area contributed by atoms with Crippen molar-refractivity contribution in [3.05, 3.63) is 47.2 Å². The second kappa shape index (κ2) is 5.73. The molecule has 27 heavy (non-hydrogen) atoms. The quantitative estimate of drug-likeness (QED) is 0.579. The minimum absolute atomic E-state index is 0.232. The molecule has 8 heteroatoms. The van der Waals surface area contributed by atoms with Crippen LogP contribution in [0.5, 0.6) is 5.75 Å². The van der Waals surface area contributed by atoms with Crippen LogP contribution in [-0.2, 0) is 0 Å². The Morgan fingerprint density at radius 3 is 2.56 bits per heavy atom. The van der Waals surface area contributed by atoms with Gasteiger partial charge in [0.1, 0.15) is 23.3 Å². The van der Waals surface area contributed by atoms with Crippen LogP contribution in [-0.4, -0.2) is 32.0 Å². The Bertz CT molecular complexity index is 1230. The van der Waals surface area contributed by atoms with Crippen LogP contribution in [0.4, 0.5) is 5.69 Å². The minimum atomic E-state index is -0.602. The zero-order valence-electron chi connectivity index (χ0n) is 15.6. The van der Waals surface area contributed by atoms with E-state index in [1.807, 2.05) is 43.5 Å². The van der Waals surface area contributed by atoms with Gasteiger partial charge in [0.2, 0.25) is 0 Å². The molecule has 0 aliphatic heterocycles. The van der Waals surface area contributed by atoms with E-state index in [0.717, 1.165) is 28.1 Å². The first-order valence-corrected chi connectivity index (χ1v) is 8.44. The molecule has 8 nitrogen and oxygen atoms in total. The summed E-state index contributed by atoms with van der Waals surface area (Å²) in [5.41, 5.74) is 18.3. The van der Waals surface area contributed by atoms with Gasteiger partial charge in [0, 0.05) is 17.5 Å². The van der Waals surface area contributed by atoms with E-state index in [0.29, 0.717) is 22.4 Å². The molecule has 0 atom stereocenters. The lowest BCUT2D eigenvalue weighted by Crippen LogP contribution is -2.16. The molecule has 4 N–H and O–H groups in total. The van der Waals surface area contributed by atoms with E-state index in [2.05, 4.69) is 10.2 Å². The molecule has 3 aromatic heterocycles. The zero-order valence-corrected chi connectivity index (χ0v) is 15.6. The Labute approximate surface area is 155 Å². The van der Waals surface area contributed by atoms with E-state index >= 15 is 0 Å². The highest BCUT2D eigenvalue weighted by atomic mass is 16.5. The molecule has 0 aliphatic rings. The van der Waals surface area contributed by atoms with Crippen LogP contribution in [0.25, 0.3) is 22.3 Å². The van der Waals surface area contributed by atoms with Crippen molar-refractivity contribution in [2.45, 2.75) is 20.8 Å². The first-order valence-electron chi connectivity index (χ1n) is 8.44. The molecule has 4 aromatic rings. The fourth-order valence-electron chi connectivity index (χ4n) is 3.80. The Morgan fingerprint density at radius 2 is 1.89 bits per heavy atom. The molecular formula is C19H20N6O2. The lowest BCUT2D eigenvalue weighted by atomic mass is 9.94. The van der Waals surface area contributed by atoms with Gasteiger partial charge in [-0.15, -0.1) is 10.2 Å².